The molecule has 0 radical (unpaired) electrons. The average Bonchev–Trinajstić information content (AvgIpc) is 3.28. The fourth-order valence-corrected chi connectivity index (χ4v) is 5.16. The topological polar surface area (TPSA) is 104 Å². The van der Waals surface area contributed by atoms with E-state index in [-0.39, 0.29) is 45.8 Å². The second kappa shape index (κ2) is 10.5. The van der Waals surface area contributed by atoms with Gasteiger partial charge in [0.15, 0.2) is 0 Å². The molecule has 1 aliphatic carbocycles. The van der Waals surface area contributed by atoms with Gasteiger partial charge in [-0.3, -0.25) is 9.59 Å². The molecule has 2 amide bonds. The smallest absolute Gasteiger partial charge is 0.251 e. The van der Waals surface area contributed by atoms with Crippen LogP contribution < -0.4 is 15.4 Å². The van der Waals surface area contributed by atoms with Gasteiger partial charge in [0.05, 0.1) is 10.0 Å². The third kappa shape index (κ3) is 6.20. The lowest BCUT2D eigenvalue weighted by molar-refractivity contribution is -0.119. The molecule has 2 aromatic rings. The summed E-state index contributed by atoms with van der Waals surface area (Å²) in [4.78, 5) is 24.3. The molecule has 166 valence electrons. The fourth-order valence-electron chi connectivity index (χ4n) is 3.37. The maximum Gasteiger partial charge on any atom is 0.251 e. The van der Waals surface area contributed by atoms with Crippen molar-refractivity contribution < 1.29 is 18.0 Å². The normalized spacial score (nSPS) is 14.4. The summed E-state index contributed by atoms with van der Waals surface area (Å²) in [5, 5.41) is 5.60. The molecule has 3 rings (SSSR count). The van der Waals surface area contributed by atoms with Crippen molar-refractivity contribution in [3.8, 4) is 0 Å². The molecule has 7 nitrogen and oxygen atoms in total. The fraction of sp³-hybridized carbons (Fsp3) is 0.333. The number of carbonyl (C=O) groups excluding carboxylic acids is 2. The van der Waals surface area contributed by atoms with Crippen molar-refractivity contribution in [3.63, 3.8) is 0 Å². The van der Waals surface area contributed by atoms with Gasteiger partial charge in [-0.2, -0.15) is 0 Å². The third-order valence-electron chi connectivity index (χ3n) is 5.05. The van der Waals surface area contributed by atoms with E-state index in [9.17, 15) is 18.0 Å². The Bertz CT molecular complexity index is 1050. The molecule has 31 heavy (non-hydrogen) atoms. The molecule has 1 fully saturated rings. The number of amides is 2. The van der Waals surface area contributed by atoms with E-state index in [1.807, 2.05) is 0 Å². The van der Waals surface area contributed by atoms with Crippen molar-refractivity contribution in [1.82, 2.24) is 10.0 Å². The Labute approximate surface area is 191 Å². The van der Waals surface area contributed by atoms with Crippen LogP contribution in [0.1, 0.15) is 36.0 Å². The summed E-state index contributed by atoms with van der Waals surface area (Å²) in [6.07, 6.45) is 4.00. The first-order valence-electron chi connectivity index (χ1n) is 9.91. The molecule has 0 bridgehead atoms. The van der Waals surface area contributed by atoms with Gasteiger partial charge in [-0.25, -0.2) is 13.1 Å². The summed E-state index contributed by atoms with van der Waals surface area (Å²) < 4.78 is 27.1. The molecule has 1 aliphatic rings. The lowest BCUT2D eigenvalue weighted by atomic mass is 10.1. The minimum Gasteiger partial charge on any atom is -0.351 e. The highest BCUT2D eigenvalue weighted by molar-refractivity contribution is 7.89. The molecule has 2 aromatic carbocycles. The zero-order valence-electron chi connectivity index (χ0n) is 16.7. The standard InChI is InChI=1S/C21H23Cl2N3O4S/c22-17-6-3-7-18(19(17)23)31(29,30)25-13-12-24-20(27)15-8-10-16(11-9-15)26-21(28)14-4-1-2-5-14/h3,6-11,14,25H,1-2,4-5,12-13H2,(H,24,27)(H,26,28). The molecule has 0 atom stereocenters. The lowest BCUT2D eigenvalue weighted by Crippen LogP contribution is -2.34. The molecule has 10 heteroatoms. The van der Waals surface area contributed by atoms with Crippen molar-refractivity contribution in [2.75, 3.05) is 18.4 Å². The van der Waals surface area contributed by atoms with Crippen molar-refractivity contribution >= 4 is 50.7 Å². The van der Waals surface area contributed by atoms with Crippen LogP contribution in [0, 0.1) is 5.92 Å². The van der Waals surface area contributed by atoms with Crippen LogP contribution in [-0.2, 0) is 14.8 Å². The number of halogens is 2. The maximum absolute atomic E-state index is 12.3. The molecule has 0 heterocycles. The van der Waals surface area contributed by atoms with Crippen LogP contribution in [0.5, 0.6) is 0 Å². The molecular weight excluding hydrogens is 461 g/mol. The van der Waals surface area contributed by atoms with Gasteiger partial charge in [0, 0.05) is 30.3 Å². The van der Waals surface area contributed by atoms with Crippen molar-refractivity contribution in [1.29, 1.82) is 0 Å². The summed E-state index contributed by atoms with van der Waals surface area (Å²) >= 11 is 11.8. The Balaban J connectivity index is 1.47. The molecule has 3 N–H and O–H groups in total. The Hall–Kier alpha value is -2.13. The predicted molar refractivity (Wildman–Crippen MR) is 121 cm³/mol. The zero-order valence-corrected chi connectivity index (χ0v) is 19.0. The highest BCUT2D eigenvalue weighted by Gasteiger charge is 2.22. The van der Waals surface area contributed by atoms with Crippen LogP contribution in [0.25, 0.3) is 0 Å². The summed E-state index contributed by atoms with van der Waals surface area (Å²) in [7, 11) is -3.86. The van der Waals surface area contributed by atoms with Crippen molar-refractivity contribution in [2.24, 2.45) is 5.92 Å². The van der Waals surface area contributed by atoms with Gasteiger partial charge in [0.1, 0.15) is 4.90 Å². The molecule has 0 aromatic heterocycles. The second-order valence-electron chi connectivity index (χ2n) is 7.25. The van der Waals surface area contributed by atoms with E-state index in [4.69, 9.17) is 23.2 Å². The number of nitrogens with one attached hydrogen (secondary N) is 3. The van der Waals surface area contributed by atoms with Crippen LogP contribution in [0.2, 0.25) is 10.0 Å². The minimum absolute atomic E-state index is 0.0155. The van der Waals surface area contributed by atoms with Crippen LogP contribution in [0.4, 0.5) is 5.69 Å². The lowest BCUT2D eigenvalue weighted by Gasteiger charge is -2.11. The van der Waals surface area contributed by atoms with Gasteiger partial charge < -0.3 is 10.6 Å². The van der Waals surface area contributed by atoms with Crippen molar-refractivity contribution in [2.45, 2.75) is 30.6 Å². The van der Waals surface area contributed by atoms with E-state index in [2.05, 4.69) is 15.4 Å². The number of hydrogen-bond acceptors (Lipinski definition) is 4. The van der Waals surface area contributed by atoms with Crippen LogP contribution >= 0.6 is 23.2 Å². The van der Waals surface area contributed by atoms with E-state index >= 15 is 0 Å². The van der Waals surface area contributed by atoms with Crippen LogP contribution in [0.15, 0.2) is 47.4 Å². The predicted octanol–water partition coefficient (Wildman–Crippen LogP) is 3.83. The Kier molecular flexibility index (Phi) is 7.94. The quantitative estimate of drug-likeness (QED) is 0.496. The maximum atomic E-state index is 12.3. The van der Waals surface area contributed by atoms with Crippen molar-refractivity contribution in [3.05, 3.63) is 58.1 Å². The summed E-state index contributed by atoms with van der Waals surface area (Å²) in [6, 6.07) is 10.9. The zero-order chi connectivity index (χ0) is 22.4. The second-order valence-corrected chi connectivity index (χ2v) is 9.77. The number of benzene rings is 2. The Morgan fingerprint density at radius 1 is 0.968 bits per heavy atom. The van der Waals surface area contributed by atoms with Gasteiger partial charge in [-0.1, -0.05) is 42.1 Å². The van der Waals surface area contributed by atoms with E-state index < -0.39 is 10.0 Å². The van der Waals surface area contributed by atoms with Crippen LogP contribution in [-0.4, -0.2) is 33.3 Å². The average molecular weight is 484 g/mol. The minimum atomic E-state index is -3.86. The van der Waals surface area contributed by atoms with Crippen LogP contribution in [0.3, 0.4) is 0 Å². The van der Waals surface area contributed by atoms with Gasteiger partial charge in [-0.15, -0.1) is 0 Å². The number of sulfonamides is 1. The summed E-state index contributed by atoms with van der Waals surface area (Å²) in [5.74, 6) is -0.274. The van der Waals surface area contributed by atoms with E-state index in [0.29, 0.717) is 11.3 Å². The first kappa shape index (κ1) is 23.5. The van der Waals surface area contributed by atoms with Gasteiger partial charge in [-0.05, 0) is 49.2 Å². The first-order valence-corrected chi connectivity index (χ1v) is 12.1. The number of anilines is 1. The monoisotopic (exact) mass is 483 g/mol. The van der Waals surface area contributed by atoms with E-state index in [0.717, 1.165) is 25.7 Å². The third-order valence-corrected chi connectivity index (χ3v) is 7.48. The summed E-state index contributed by atoms with van der Waals surface area (Å²) in [6.45, 7) is 0.0584. The Morgan fingerprint density at radius 2 is 1.65 bits per heavy atom. The molecule has 0 aliphatic heterocycles. The Morgan fingerprint density at radius 3 is 2.32 bits per heavy atom. The molecule has 1 saturated carbocycles. The molecule has 0 unspecified atom stereocenters. The molecule has 0 saturated heterocycles. The first-order chi connectivity index (χ1) is 14.8. The largest absolute Gasteiger partial charge is 0.351 e. The molecule has 0 spiro atoms. The van der Waals surface area contributed by atoms with Gasteiger partial charge >= 0.3 is 0 Å². The van der Waals surface area contributed by atoms with Gasteiger partial charge in [0.2, 0.25) is 15.9 Å². The number of rotatable bonds is 8. The highest BCUT2D eigenvalue weighted by Crippen LogP contribution is 2.28. The SMILES string of the molecule is O=C(NCCNS(=O)(=O)c1cccc(Cl)c1Cl)c1ccc(NC(=O)C2CCCC2)cc1. The molecular formula is C21H23Cl2N3O4S. The van der Waals surface area contributed by atoms with E-state index in [1.165, 1.54) is 18.2 Å². The highest BCUT2D eigenvalue weighted by atomic mass is 35.5. The number of hydrogen-bond donors (Lipinski definition) is 3. The number of carbonyl (C=O) groups is 2. The van der Waals surface area contributed by atoms with E-state index in [1.54, 1.807) is 24.3 Å². The van der Waals surface area contributed by atoms with Gasteiger partial charge in [0.25, 0.3) is 5.91 Å². The summed E-state index contributed by atoms with van der Waals surface area (Å²) in [5.41, 5.74) is 1.04.